The highest BCUT2D eigenvalue weighted by Crippen LogP contribution is 2.47. The number of anilines is 1. The zero-order valence-electron chi connectivity index (χ0n) is 27.5. The largest absolute Gasteiger partial charge is 0.492 e. The summed E-state index contributed by atoms with van der Waals surface area (Å²) in [4.78, 5) is 43.6. The maximum atomic E-state index is 16.1. The van der Waals surface area contributed by atoms with Gasteiger partial charge in [-0.1, -0.05) is 57.0 Å². The maximum absolute atomic E-state index is 16.1. The monoisotopic (exact) mass is 675 g/mol. The van der Waals surface area contributed by atoms with E-state index in [-0.39, 0.29) is 53.1 Å². The second kappa shape index (κ2) is 14.9. The summed E-state index contributed by atoms with van der Waals surface area (Å²) in [6.07, 6.45) is 3.23. The van der Waals surface area contributed by atoms with Crippen LogP contribution in [0.5, 0.6) is 5.75 Å². The standard InChI is InChI=1S/C32H38Cl2FN5O4.C2H6/c1-6-9-36-32(43)40-18(3)14-38(15-19(40)4)28-25(35)12-22-27(30(28)44-5)39(26-10-17(26)2)16-23(29(22)41)31(42)37-13-20-7-8-21(33)11-24(20)34;1-2/h7-8,11-12,16-19,26H,6,9-10,13-15H2,1-5H3,(H,36,43)(H,37,42);1-2H3. The molecule has 46 heavy (non-hydrogen) atoms. The van der Waals surface area contributed by atoms with Gasteiger partial charge in [-0.2, -0.15) is 0 Å². The SMILES string of the molecule is CC.CCCNC(=O)N1C(C)CN(c2c(F)cc3c(=O)c(C(=O)NCc4ccc(Cl)cc4Cl)cn(C4CC4C)c3c2OC)CC1C. The number of rotatable bonds is 8. The van der Waals surface area contributed by atoms with Gasteiger partial charge in [0.25, 0.3) is 5.91 Å². The lowest BCUT2D eigenvalue weighted by Crippen LogP contribution is -2.61. The van der Waals surface area contributed by atoms with E-state index < -0.39 is 17.2 Å². The van der Waals surface area contributed by atoms with Crippen molar-refractivity contribution >= 4 is 51.7 Å². The van der Waals surface area contributed by atoms with Crippen LogP contribution >= 0.6 is 23.2 Å². The lowest BCUT2D eigenvalue weighted by atomic mass is 10.0. The van der Waals surface area contributed by atoms with Crippen molar-refractivity contribution in [3.05, 3.63) is 67.7 Å². The zero-order valence-corrected chi connectivity index (χ0v) is 29.1. The van der Waals surface area contributed by atoms with Crippen LogP contribution in [0.1, 0.15) is 76.3 Å². The van der Waals surface area contributed by atoms with E-state index >= 15 is 4.39 Å². The number of hydrogen-bond donors (Lipinski definition) is 2. The Labute approximate surface area is 280 Å². The summed E-state index contributed by atoms with van der Waals surface area (Å²) >= 11 is 12.3. The summed E-state index contributed by atoms with van der Waals surface area (Å²) in [5, 5.41) is 6.64. The Morgan fingerprint density at radius 2 is 1.72 bits per heavy atom. The number of methoxy groups -OCH3 is 1. The molecular formula is C34H44Cl2FN5O4. The Morgan fingerprint density at radius 3 is 2.28 bits per heavy atom. The van der Waals surface area contributed by atoms with E-state index in [4.69, 9.17) is 27.9 Å². The van der Waals surface area contributed by atoms with Crippen LogP contribution in [0.4, 0.5) is 14.9 Å². The highest BCUT2D eigenvalue weighted by atomic mass is 35.5. The molecular weight excluding hydrogens is 632 g/mol. The number of amides is 3. The molecule has 5 rings (SSSR count). The number of piperazine rings is 1. The number of hydrogen-bond acceptors (Lipinski definition) is 5. The number of carbonyl (C=O) groups is 2. The van der Waals surface area contributed by atoms with E-state index in [9.17, 15) is 14.4 Å². The number of halogens is 3. The van der Waals surface area contributed by atoms with Gasteiger partial charge in [-0.25, -0.2) is 9.18 Å². The van der Waals surface area contributed by atoms with Gasteiger partial charge in [0.2, 0.25) is 5.43 Å². The molecule has 3 amide bonds. The number of pyridine rings is 1. The Balaban J connectivity index is 0.00000235. The summed E-state index contributed by atoms with van der Waals surface area (Å²) in [5.74, 6) is -0.684. The first-order valence-electron chi connectivity index (χ1n) is 15.9. The van der Waals surface area contributed by atoms with Gasteiger partial charge in [-0.3, -0.25) is 9.59 Å². The molecule has 0 bridgehead atoms. The van der Waals surface area contributed by atoms with Gasteiger partial charge >= 0.3 is 6.03 Å². The van der Waals surface area contributed by atoms with Crippen molar-refractivity contribution < 1.29 is 18.7 Å². The van der Waals surface area contributed by atoms with Crippen LogP contribution in [0, 0.1) is 11.7 Å². The van der Waals surface area contributed by atoms with E-state index in [1.807, 2.05) is 44.1 Å². The van der Waals surface area contributed by atoms with Gasteiger partial charge in [0.1, 0.15) is 11.3 Å². The van der Waals surface area contributed by atoms with Crippen LogP contribution in [0.25, 0.3) is 10.9 Å². The third kappa shape index (κ3) is 7.08. The molecule has 4 unspecified atom stereocenters. The summed E-state index contributed by atoms with van der Waals surface area (Å²) in [6.45, 7) is 13.4. The molecule has 2 N–H and O–H groups in total. The van der Waals surface area contributed by atoms with Crippen LogP contribution in [0.15, 0.2) is 35.3 Å². The lowest BCUT2D eigenvalue weighted by molar-refractivity contribution is 0.0949. The third-order valence-corrected chi connectivity index (χ3v) is 9.11. The van der Waals surface area contributed by atoms with Crippen LogP contribution in [0.3, 0.4) is 0 Å². The second-order valence-corrected chi connectivity index (χ2v) is 12.7. The fraction of sp³-hybridized carbons (Fsp3) is 0.500. The van der Waals surface area contributed by atoms with Crippen molar-refractivity contribution in [2.45, 2.75) is 79.1 Å². The third-order valence-electron chi connectivity index (χ3n) is 8.52. The Bertz CT molecular complexity index is 1650. The molecule has 1 aliphatic carbocycles. The molecule has 4 atom stereocenters. The van der Waals surface area contributed by atoms with Crippen molar-refractivity contribution in [2.24, 2.45) is 5.92 Å². The first-order chi connectivity index (χ1) is 22.0. The predicted molar refractivity (Wildman–Crippen MR) is 183 cm³/mol. The summed E-state index contributed by atoms with van der Waals surface area (Å²) in [6, 6.07) is 5.62. The molecule has 1 aliphatic heterocycles. The number of urea groups is 1. The molecule has 0 radical (unpaired) electrons. The second-order valence-electron chi connectivity index (χ2n) is 11.9. The smallest absolute Gasteiger partial charge is 0.318 e. The number of aromatic nitrogens is 1. The predicted octanol–water partition coefficient (Wildman–Crippen LogP) is 7.01. The fourth-order valence-electron chi connectivity index (χ4n) is 6.21. The van der Waals surface area contributed by atoms with Crippen molar-refractivity contribution in [3.63, 3.8) is 0 Å². The number of nitrogens with one attached hydrogen (secondary N) is 2. The Kier molecular flexibility index (Phi) is 11.5. The van der Waals surface area contributed by atoms with E-state index in [1.54, 1.807) is 29.3 Å². The average Bonchev–Trinajstić information content (AvgIpc) is 3.75. The summed E-state index contributed by atoms with van der Waals surface area (Å²) < 4.78 is 23.9. The number of carbonyl (C=O) groups excluding carboxylic acids is 2. The number of benzene rings is 2. The minimum atomic E-state index is -0.629. The minimum Gasteiger partial charge on any atom is -0.492 e. The molecule has 1 saturated carbocycles. The average molecular weight is 677 g/mol. The van der Waals surface area contributed by atoms with E-state index in [0.29, 0.717) is 46.7 Å². The number of fused-ring (bicyclic) bond motifs is 1. The topological polar surface area (TPSA) is 95.9 Å². The molecule has 2 aromatic carbocycles. The van der Waals surface area contributed by atoms with Gasteiger partial charge in [-0.05, 0) is 56.4 Å². The molecule has 0 spiro atoms. The quantitative estimate of drug-likeness (QED) is 0.268. The first-order valence-corrected chi connectivity index (χ1v) is 16.7. The van der Waals surface area contributed by atoms with Crippen molar-refractivity contribution in [1.29, 1.82) is 0 Å². The molecule has 3 aromatic rings. The number of ether oxygens (including phenoxy) is 1. The molecule has 250 valence electrons. The molecule has 2 heterocycles. The fourth-order valence-corrected chi connectivity index (χ4v) is 6.68. The van der Waals surface area contributed by atoms with E-state index in [0.717, 1.165) is 12.8 Å². The van der Waals surface area contributed by atoms with Crippen molar-refractivity contribution in [3.8, 4) is 5.75 Å². The zero-order chi connectivity index (χ0) is 33.9. The normalized spacial score (nSPS) is 20.6. The maximum Gasteiger partial charge on any atom is 0.318 e. The van der Waals surface area contributed by atoms with Gasteiger partial charge in [0.05, 0.1) is 18.0 Å². The van der Waals surface area contributed by atoms with Crippen LogP contribution in [-0.4, -0.2) is 60.2 Å². The Morgan fingerprint density at radius 1 is 1.07 bits per heavy atom. The minimum absolute atomic E-state index is 0.0135. The van der Waals surface area contributed by atoms with Gasteiger partial charge in [-0.15, -0.1) is 0 Å². The molecule has 2 fully saturated rings. The van der Waals surface area contributed by atoms with Crippen LogP contribution in [0.2, 0.25) is 10.0 Å². The summed E-state index contributed by atoms with van der Waals surface area (Å²) in [5.41, 5.74) is 0.648. The van der Waals surface area contributed by atoms with Crippen molar-refractivity contribution in [1.82, 2.24) is 20.1 Å². The summed E-state index contributed by atoms with van der Waals surface area (Å²) in [7, 11) is 1.46. The molecule has 1 aromatic heterocycles. The first kappa shape index (κ1) is 35.4. The lowest BCUT2D eigenvalue weighted by Gasteiger charge is -2.45. The van der Waals surface area contributed by atoms with Crippen LogP contribution < -0.4 is 25.7 Å². The van der Waals surface area contributed by atoms with Gasteiger partial charge < -0.3 is 29.7 Å². The Hall–Kier alpha value is -3.50. The molecule has 9 nitrogen and oxygen atoms in total. The molecule has 1 saturated heterocycles. The molecule has 2 aliphatic rings. The highest BCUT2D eigenvalue weighted by Gasteiger charge is 2.39. The van der Waals surface area contributed by atoms with Gasteiger partial charge in [0, 0.05) is 60.5 Å². The highest BCUT2D eigenvalue weighted by molar-refractivity contribution is 6.35. The molecule has 12 heteroatoms. The number of nitrogens with zero attached hydrogens (tertiary/aromatic N) is 3. The van der Waals surface area contributed by atoms with Gasteiger partial charge in [0.15, 0.2) is 11.6 Å². The van der Waals surface area contributed by atoms with E-state index in [2.05, 4.69) is 17.6 Å². The van der Waals surface area contributed by atoms with E-state index in [1.165, 1.54) is 13.2 Å². The van der Waals surface area contributed by atoms with Crippen molar-refractivity contribution in [2.75, 3.05) is 31.6 Å². The van der Waals surface area contributed by atoms with Crippen LogP contribution in [-0.2, 0) is 6.54 Å².